The van der Waals surface area contributed by atoms with Crippen LogP contribution >= 0.6 is 27.3 Å². The lowest BCUT2D eigenvalue weighted by molar-refractivity contribution is 0.184. The first-order valence-electron chi connectivity index (χ1n) is 5.76. The number of hydrogen-bond acceptors (Lipinski definition) is 4. The predicted octanol–water partition coefficient (Wildman–Crippen LogP) is 3.85. The third kappa shape index (κ3) is 3.57. The zero-order chi connectivity index (χ0) is 13.8. The van der Waals surface area contributed by atoms with Crippen molar-refractivity contribution in [2.75, 3.05) is 0 Å². The van der Waals surface area contributed by atoms with Crippen molar-refractivity contribution in [3.63, 3.8) is 0 Å². The molecule has 2 atom stereocenters. The summed E-state index contributed by atoms with van der Waals surface area (Å²) in [6.45, 7) is 1.91. The van der Waals surface area contributed by atoms with Gasteiger partial charge in [0.2, 0.25) is 0 Å². The molecule has 3 nitrogen and oxygen atoms in total. The smallest absolute Gasteiger partial charge is 0.148 e. The van der Waals surface area contributed by atoms with Gasteiger partial charge in [-0.2, -0.15) is 5.26 Å². The van der Waals surface area contributed by atoms with Crippen LogP contribution in [-0.4, -0.2) is 6.04 Å². The number of nitriles is 1. The van der Waals surface area contributed by atoms with Gasteiger partial charge in [0.15, 0.2) is 0 Å². The second-order valence-electron chi connectivity index (χ2n) is 4.20. The first-order chi connectivity index (χ1) is 9.10. The molecule has 0 amide bonds. The van der Waals surface area contributed by atoms with E-state index in [1.165, 1.54) is 0 Å². The average Bonchev–Trinajstić information content (AvgIpc) is 2.82. The summed E-state index contributed by atoms with van der Waals surface area (Å²) in [7, 11) is 0. The number of thiophene rings is 1. The van der Waals surface area contributed by atoms with Crippen molar-refractivity contribution in [1.29, 1.82) is 5.26 Å². The summed E-state index contributed by atoms with van der Waals surface area (Å²) in [5, 5.41) is 10.9. The number of halogens is 1. The van der Waals surface area contributed by atoms with E-state index in [1.807, 2.05) is 24.4 Å². The Hall–Kier alpha value is -1.35. The van der Waals surface area contributed by atoms with Crippen LogP contribution in [0.4, 0.5) is 0 Å². The molecule has 2 aromatic rings. The van der Waals surface area contributed by atoms with Crippen LogP contribution in [0.25, 0.3) is 0 Å². The van der Waals surface area contributed by atoms with E-state index in [0.717, 1.165) is 9.35 Å². The highest BCUT2D eigenvalue weighted by atomic mass is 79.9. The van der Waals surface area contributed by atoms with Gasteiger partial charge in [0.1, 0.15) is 11.9 Å². The van der Waals surface area contributed by atoms with Gasteiger partial charge in [-0.1, -0.05) is 6.07 Å². The summed E-state index contributed by atoms with van der Waals surface area (Å²) >= 11 is 5.03. The van der Waals surface area contributed by atoms with Crippen LogP contribution in [0.15, 0.2) is 40.2 Å². The standard InChI is InChI=1S/C14H13BrN2OS/c1-9(17)14(13-6-11(15)8-19-13)18-12-4-2-3-10(5-12)7-16/h2-6,8-9,14H,17H2,1H3. The Bertz CT molecular complexity index is 603. The van der Waals surface area contributed by atoms with Crippen molar-refractivity contribution >= 4 is 27.3 Å². The van der Waals surface area contributed by atoms with E-state index >= 15 is 0 Å². The molecule has 0 fully saturated rings. The van der Waals surface area contributed by atoms with Gasteiger partial charge in [-0.05, 0) is 47.1 Å². The van der Waals surface area contributed by atoms with Crippen LogP contribution < -0.4 is 10.5 Å². The first-order valence-corrected chi connectivity index (χ1v) is 7.43. The number of benzene rings is 1. The highest BCUT2D eigenvalue weighted by Crippen LogP contribution is 2.31. The van der Waals surface area contributed by atoms with E-state index < -0.39 is 0 Å². The van der Waals surface area contributed by atoms with Crippen LogP contribution in [0.2, 0.25) is 0 Å². The van der Waals surface area contributed by atoms with Gasteiger partial charge < -0.3 is 10.5 Å². The minimum Gasteiger partial charge on any atom is -0.483 e. The zero-order valence-corrected chi connectivity index (χ0v) is 12.7. The fourth-order valence-electron chi connectivity index (χ4n) is 1.69. The zero-order valence-electron chi connectivity index (χ0n) is 10.3. The van der Waals surface area contributed by atoms with E-state index in [9.17, 15) is 0 Å². The maximum Gasteiger partial charge on any atom is 0.148 e. The Morgan fingerprint density at radius 2 is 2.21 bits per heavy atom. The maximum absolute atomic E-state index is 8.89. The highest BCUT2D eigenvalue weighted by Gasteiger charge is 2.20. The molecule has 2 unspecified atom stereocenters. The number of nitrogens with zero attached hydrogens (tertiary/aromatic N) is 1. The van der Waals surface area contributed by atoms with Crippen molar-refractivity contribution < 1.29 is 4.74 Å². The van der Waals surface area contributed by atoms with Crippen molar-refractivity contribution in [3.8, 4) is 11.8 Å². The molecular weight excluding hydrogens is 324 g/mol. The number of ether oxygens (including phenoxy) is 1. The van der Waals surface area contributed by atoms with Gasteiger partial charge in [0, 0.05) is 20.8 Å². The van der Waals surface area contributed by atoms with Crippen molar-refractivity contribution in [2.24, 2.45) is 5.73 Å². The second-order valence-corrected chi connectivity index (χ2v) is 6.06. The second kappa shape index (κ2) is 6.20. The van der Waals surface area contributed by atoms with Crippen LogP contribution in [0.1, 0.15) is 23.5 Å². The lowest BCUT2D eigenvalue weighted by Gasteiger charge is -2.21. The lowest BCUT2D eigenvalue weighted by atomic mass is 10.1. The van der Waals surface area contributed by atoms with E-state index in [1.54, 1.807) is 29.5 Å². The van der Waals surface area contributed by atoms with Crippen molar-refractivity contribution in [1.82, 2.24) is 0 Å². The number of hydrogen-bond donors (Lipinski definition) is 1. The molecule has 0 bridgehead atoms. The molecule has 2 rings (SSSR count). The molecule has 98 valence electrons. The molecule has 2 N–H and O–H groups in total. The minimum atomic E-state index is -0.217. The van der Waals surface area contributed by atoms with Gasteiger partial charge in [0.05, 0.1) is 11.6 Å². The molecule has 0 aliphatic heterocycles. The summed E-state index contributed by atoms with van der Waals surface area (Å²) < 4.78 is 6.95. The summed E-state index contributed by atoms with van der Waals surface area (Å²) in [5.41, 5.74) is 6.57. The Labute approximate surface area is 124 Å². The van der Waals surface area contributed by atoms with Crippen LogP contribution in [-0.2, 0) is 0 Å². The van der Waals surface area contributed by atoms with Crippen LogP contribution in [0.3, 0.4) is 0 Å². The quantitative estimate of drug-likeness (QED) is 0.922. The lowest BCUT2D eigenvalue weighted by Crippen LogP contribution is -2.28. The van der Waals surface area contributed by atoms with E-state index in [0.29, 0.717) is 11.3 Å². The van der Waals surface area contributed by atoms with Crippen LogP contribution in [0, 0.1) is 11.3 Å². The Balaban J connectivity index is 2.24. The normalized spacial score (nSPS) is 13.6. The Morgan fingerprint density at radius 1 is 1.42 bits per heavy atom. The monoisotopic (exact) mass is 336 g/mol. The average molecular weight is 337 g/mol. The third-order valence-electron chi connectivity index (χ3n) is 2.57. The van der Waals surface area contributed by atoms with E-state index in [-0.39, 0.29) is 12.1 Å². The Morgan fingerprint density at radius 3 is 2.79 bits per heavy atom. The van der Waals surface area contributed by atoms with Crippen LogP contribution in [0.5, 0.6) is 5.75 Å². The first kappa shape index (κ1) is 14.1. The van der Waals surface area contributed by atoms with Crippen molar-refractivity contribution in [2.45, 2.75) is 19.1 Å². The Kier molecular flexibility index (Phi) is 4.59. The topological polar surface area (TPSA) is 59.0 Å². The van der Waals surface area contributed by atoms with E-state index in [4.69, 9.17) is 15.7 Å². The molecule has 0 radical (unpaired) electrons. The number of nitrogens with two attached hydrogens (primary N) is 1. The molecule has 1 heterocycles. The van der Waals surface area contributed by atoms with Gasteiger partial charge in [-0.15, -0.1) is 11.3 Å². The summed E-state index contributed by atoms with van der Waals surface area (Å²) in [6.07, 6.45) is -0.217. The molecule has 1 aromatic carbocycles. The fourth-order valence-corrected chi connectivity index (χ4v) is 3.27. The molecule has 0 aliphatic carbocycles. The molecule has 0 saturated heterocycles. The summed E-state index contributed by atoms with van der Waals surface area (Å²) in [6, 6.07) is 11.1. The highest BCUT2D eigenvalue weighted by molar-refractivity contribution is 9.10. The summed E-state index contributed by atoms with van der Waals surface area (Å²) in [5.74, 6) is 0.658. The summed E-state index contributed by atoms with van der Waals surface area (Å²) in [4.78, 5) is 1.06. The van der Waals surface area contributed by atoms with E-state index in [2.05, 4.69) is 22.0 Å². The SMILES string of the molecule is CC(N)C(Oc1cccc(C#N)c1)c1cc(Br)cs1. The molecule has 19 heavy (non-hydrogen) atoms. The largest absolute Gasteiger partial charge is 0.483 e. The van der Waals surface area contributed by atoms with Crippen molar-refractivity contribution in [3.05, 3.63) is 50.6 Å². The molecular formula is C14H13BrN2OS. The third-order valence-corrected chi connectivity index (χ3v) is 4.33. The fraction of sp³-hybridized carbons (Fsp3) is 0.214. The predicted molar refractivity (Wildman–Crippen MR) is 80.2 cm³/mol. The molecule has 0 spiro atoms. The maximum atomic E-state index is 8.89. The number of rotatable bonds is 4. The minimum absolute atomic E-state index is 0.142. The molecule has 0 saturated carbocycles. The van der Waals surface area contributed by atoms with Gasteiger partial charge in [-0.3, -0.25) is 0 Å². The molecule has 1 aromatic heterocycles. The van der Waals surface area contributed by atoms with Gasteiger partial charge in [-0.25, -0.2) is 0 Å². The molecule has 5 heteroatoms. The van der Waals surface area contributed by atoms with Gasteiger partial charge >= 0.3 is 0 Å². The van der Waals surface area contributed by atoms with Gasteiger partial charge in [0.25, 0.3) is 0 Å². The molecule has 0 aliphatic rings.